The van der Waals surface area contributed by atoms with Crippen LogP contribution < -0.4 is 10.6 Å². The number of nitrogens with one attached hydrogen (secondary N) is 2. The van der Waals surface area contributed by atoms with Gasteiger partial charge in [-0.25, -0.2) is 4.39 Å². The molecule has 0 saturated heterocycles. The number of hydrogen-bond acceptors (Lipinski definition) is 2. The maximum absolute atomic E-state index is 13.2. The van der Waals surface area contributed by atoms with Crippen LogP contribution in [0.2, 0.25) is 0 Å². The summed E-state index contributed by atoms with van der Waals surface area (Å²) in [6.45, 7) is 5.95. The summed E-state index contributed by atoms with van der Waals surface area (Å²) in [5, 5.41) is 5.86. The SMILES string of the molecule is CCC(C)NC(=O)CNc1cc(Br)c(F)cc1C. The van der Waals surface area contributed by atoms with Gasteiger partial charge in [-0.05, 0) is 53.9 Å². The van der Waals surface area contributed by atoms with Crippen LogP contribution in [0.4, 0.5) is 10.1 Å². The fourth-order valence-corrected chi connectivity index (χ4v) is 1.78. The monoisotopic (exact) mass is 316 g/mol. The Balaban J connectivity index is 2.58. The van der Waals surface area contributed by atoms with E-state index in [0.717, 1.165) is 17.7 Å². The van der Waals surface area contributed by atoms with Crippen molar-refractivity contribution in [3.63, 3.8) is 0 Å². The van der Waals surface area contributed by atoms with E-state index in [0.29, 0.717) is 4.47 Å². The smallest absolute Gasteiger partial charge is 0.239 e. The minimum atomic E-state index is -0.304. The van der Waals surface area contributed by atoms with Crippen molar-refractivity contribution in [3.05, 3.63) is 28.0 Å². The highest BCUT2D eigenvalue weighted by molar-refractivity contribution is 9.10. The lowest BCUT2D eigenvalue weighted by Crippen LogP contribution is -2.36. The minimum Gasteiger partial charge on any atom is -0.376 e. The Morgan fingerprint density at radius 3 is 2.78 bits per heavy atom. The number of amides is 1. The molecule has 1 amide bonds. The van der Waals surface area contributed by atoms with E-state index in [1.807, 2.05) is 13.8 Å². The molecule has 0 saturated carbocycles. The Morgan fingerprint density at radius 2 is 2.17 bits per heavy atom. The Morgan fingerprint density at radius 1 is 1.50 bits per heavy atom. The van der Waals surface area contributed by atoms with Crippen molar-refractivity contribution in [2.24, 2.45) is 0 Å². The molecule has 1 aromatic rings. The fourth-order valence-electron chi connectivity index (χ4n) is 1.44. The van der Waals surface area contributed by atoms with Crippen LogP contribution in [0.1, 0.15) is 25.8 Å². The zero-order valence-electron chi connectivity index (χ0n) is 10.8. The van der Waals surface area contributed by atoms with Gasteiger partial charge in [0.05, 0.1) is 11.0 Å². The number of benzene rings is 1. The molecule has 0 spiro atoms. The van der Waals surface area contributed by atoms with Crippen LogP contribution in [0.5, 0.6) is 0 Å². The third-order valence-corrected chi connectivity index (χ3v) is 3.33. The first kappa shape index (κ1) is 15.0. The molecular weight excluding hydrogens is 299 g/mol. The van der Waals surface area contributed by atoms with Gasteiger partial charge in [-0.1, -0.05) is 6.92 Å². The maximum atomic E-state index is 13.2. The third kappa shape index (κ3) is 4.29. The molecule has 1 atom stereocenters. The van der Waals surface area contributed by atoms with Crippen LogP contribution in [0.25, 0.3) is 0 Å². The first-order valence-corrected chi connectivity index (χ1v) is 6.72. The van der Waals surface area contributed by atoms with Gasteiger partial charge in [-0.3, -0.25) is 4.79 Å². The van der Waals surface area contributed by atoms with Gasteiger partial charge in [0.2, 0.25) is 5.91 Å². The van der Waals surface area contributed by atoms with Crippen LogP contribution in [0, 0.1) is 12.7 Å². The van der Waals surface area contributed by atoms with Crippen molar-refractivity contribution < 1.29 is 9.18 Å². The molecular formula is C13H18BrFN2O. The number of anilines is 1. The van der Waals surface area contributed by atoms with Gasteiger partial charge in [-0.2, -0.15) is 0 Å². The number of halogens is 2. The lowest BCUT2D eigenvalue weighted by Gasteiger charge is -2.14. The molecule has 1 unspecified atom stereocenters. The molecule has 100 valence electrons. The van der Waals surface area contributed by atoms with Gasteiger partial charge in [0.15, 0.2) is 0 Å². The number of carbonyl (C=O) groups is 1. The molecule has 1 rings (SSSR count). The molecule has 5 heteroatoms. The number of carbonyl (C=O) groups excluding carboxylic acids is 1. The lowest BCUT2D eigenvalue weighted by atomic mass is 10.2. The molecule has 0 bridgehead atoms. The summed E-state index contributed by atoms with van der Waals surface area (Å²) in [6.07, 6.45) is 0.896. The zero-order chi connectivity index (χ0) is 13.7. The van der Waals surface area contributed by atoms with Crippen molar-refractivity contribution in [1.29, 1.82) is 0 Å². The Labute approximate surface area is 115 Å². The highest BCUT2D eigenvalue weighted by atomic mass is 79.9. The van der Waals surface area contributed by atoms with Crippen molar-refractivity contribution in [2.45, 2.75) is 33.2 Å². The van der Waals surface area contributed by atoms with Crippen LogP contribution >= 0.6 is 15.9 Å². The average molecular weight is 317 g/mol. The summed E-state index contributed by atoms with van der Waals surface area (Å²) in [5.74, 6) is -0.369. The van der Waals surface area contributed by atoms with Crippen molar-refractivity contribution in [3.8, 4) is 0 Å². The molecule has 2 N–H and O–H groups in total. The molecule has 1 aromatic carbocycles. The summed E-state index contributed by atoms with van der Waals surface area (Å²) in [6, 6.07) is 3.24. The van der Waals surface area contributed by atoms with E-state index in [9.17, 15) is 9.18 Å². The largest absolute Gasteiger partial charge is 0.376 e. The van der Waals surface area contributed by atoms with Gasteiger partial charge >= 0.3 is 0 Å². The minimum absolute atomic E-state index is 0.0656. The number of aryl methyl sites for hydroxylation is 1. The second-order valence-corrected chi connectivity index (χ2v) is 5.17. The summed E-state index contributed by atoms with van der Waals surface area (Å²) < 4.78 is 13.6. The first-order chi connectivity index (χ1) is 8.43. The molecule has 0 fully saturated rings. The Kier molecular flexibility index (Phi) is 5.59. The molecule has 0 aromatic heterocycles. The molecule has 0 aliphatic carbocycles. The van der Waals surface area contributed by atoms with E-state index in [4.69, 9.17) is 0 Å². The van der Waals surface area contributed by atoms with E-state index in [1.165, 1.54) is 6.07 Å². The van der Waals surface area contributed by atoms with E-state index in [-0.39, 0.29) is 24.3 Å². The second kappa shape index (κ2) is 6.73. The Bertz CT molecular complexity index is 437. The van der Waals surface area contributed by atoms with Gasteiger partial charge in [0.25, 0.3) is 0 Å². The van der Waals surface area contributed by atoms with Gasteiger partial charge < -0.3 is 10.6 Å². The summed E-state index contributed by atoms with van der Waals surface area (Å²) in [4.78, 5) is 11.6. The van der Waals surface area contributed by atoms with E-state index in [1.54, 1.807) is 13.0 Å². The molecule has 0 aliphatic heterocycles. The highest BCUT2D eigenvalue weighted by Crippen LogP contribution is 2.23. The maximum Gasteiger partial charge on any atom is 0.239 e. The number of hydrogen-bond donors (Lipinski definition) is 2. The molecule has 3 nitrogen and oxygen atoms in total. The Hall–Kier alpha value is -1.10. The van der Waals surface area contributed by atoms with Gasteiger partial charge in [0.1, 0.15) is 5.82 Å². The van der Waals surface area contributed by atoms with E-state index < -0.39 is 0 Å². The van der Waals surface area contributed by atoms with Gasteiger partial charge in [0, 0.05) is 11.7 Å². The van der Waals surface area contributed by atoms with Crippen LogP contribution in [0.15, 0.2) is 16.6 Å². The van der Waals surface area contributed by atoms with Crippen LogP contribution in [-0.4, -0.2) is 18.5 Å². The summed E-state index contributed by atoms with van der Waals surface area (Å²) >= 11 is 3.12. The standard InChI is InChI=1S/C13H18BrFN2O/c1-4-9(3)17-13(18)7-16-12-6-10(14)11(15)5-8(12)2/h5-6,9,16H,4,7H2,1-3H3,(H,17,18). The molecule has 18 heavy (non-hydrogen) atoms. The van der Waals surface area contributed by atoms with E-state index >= 15 is 0 Å². The molecule has 0 heterocycles. The fraction of sp³-hybridized carbons (Fsp3) is 0.462. The van der Waals surface area contributed by atoms with Crippen LogP contribution in [-0.2, 0) is 4.79 Å². The number of rotatable bonds is 5. The van der Waals surface area contributed by atoms with Crippen molar-refractivity contribution >= 4 is 27.5 Å². The molecule has 0 aliphatic rings. The molecule has 0 radical (unpaired) electrons. The zero-order valence-corrected chi connectivity index (χ0v) is 12.4. The summed E-state index contributed by atoms with van der Waals surface area (Å²) in [7, 11) is 0. The van der Waals surface area contributed by atoms with E-state index in [2.05, 4.69) is 26.6 Å². The predicted molar refractivity (Wildman–Crippen MR) is 75.2 cm³/mol. The normalized spacial score (nSPS) is 12.1. The average Bonchev–Trinajstić information content (AvgIpc) is 2.32. The quantitative estimate of drug-likeness (QED) is 0.875. The predicted octanol–water partition coefficient (Wildman–Crippen LogP) is 3.22. The highest BCUT2D eigenvalue weighted by Gasteiger charge is 2.08. The first-order valence-electron chi connectivity index (χ1n) is 5.93. The van der Waals surface area contributed by atoms with Crippen molar-refractivity contribution in [2.75, 3.05) is 11.9 Å². The summed E-state index contributed by atoms with van der Waals surface area (Å²) in [5.41, 5.74) is 1.52. The lowest BCUT2D eigenvalue weighted by molar-refractivity contribution is -0.120. The van der Waals surface area contributed by atoms with Gasteiger partial charge in [-0.15, -0.1) is 0 Å². The topological polar surface area (TPSA) is 41.1 Å². The van der Waals surface area contributed by atoms with Crippen LogP contribution in [0.3, 0.4) is 0 Å². The van der Waals surface area contributed by atoms with Crippen molar-refractivity contribution in [1.82, 2.24) is 5.32 Å². The second-order valence-electron chi connectivity index (χ2n) is 4.31. The third-order valence-electron chi connectivity index (χ3n) is 2.73.